The van der Waals surface area contributed by atoms with Crippen LogP contribution >= 0.6 is 0 Å². The molecule has 0 aliphatic rings. The van der Waals surface area contributed by atoms with Crippen LogP contribution in [-0.4, -0.2) is 23.2 Å². The minimum atomic E-state index is 0.215. The van der Waals surface area contributed by atoms with E-state index in [1.165, 1.54) is 5.56 Å². The van der Waals surface area contributed by atoms with Crippen LogP contribution in [0.4, 0.5) is 0 Å². The van der Waals surface area contributed by atoms with Crippen molar-refractivity contribution < 1.29 is 5.11 Å². The van der Waals surface area contributed by atoms with Crippen molar-refractivity contribution in [3.05, 3.63) is 30.1 Å². The maximum absolute atomic E-state index is 8.87. The van der Waals surface area contributed by atoms with Crippen molar-refractivity contribution >= 4 is 0 Å². The topological polar surface area (TPSA) is 59.1 Å². The number of aliphatic hydroxyl groups is 1. The zero-order valence-electron chi connectivity index (χ0n) is 7.69. The van der Waals surface area contributed by atoms with Crippen LogP contribution in [0.2, 0.25) is 0 Å². The van der Waals surface area contributed by atoms with Crippen LogP contribution in [0.5, 0.6) is 0 Å². The molecule has 0 amide bonds. The molecule has 0 aromatic carbocycles. The molecule has 0 aliphatic carbocycles. The van der Waals surface area contributed by atoms with E-state index in [1.54, 1.807) is 12.4 Å². The molecule has 3 heteroatoms. The first kappa shape index (κ1) is 10.2. The van der Waals surface area contributed by atoms with Crippen LogP contribution in [0.3, 0.4) is 0 Å². The van der Waals surface area contributed by atoms with E-state index in [9.17, 15) is 0 Å². The van der Waals surface area contributed by atoms with Gasteiger partial charge in [-0.15, -0.1) is 0 Å². The third-order valence-electron chi connectivity index (χ3n) is 2.17. The minimum absolute atomic E-state index is 0.215. The maximum atomic E-state index is 8.87. The zero-order chi connectivity index (χ0) is 9.52. The Morgan fingerprint density at radius 2 is 2.00 bits per heavy atom. The SMILES string of the molecule is NCC[C@@H](CCO)c1ccncc1. The first-order valence-corrected chi connectivity index (χ1v) is 4.59. The van der Waals surface area contributed by atoms with Crippen molar-refractivity contribution in [3.8, 4) is 0 Å². The van der Waals surface area contributed by atoms with Gasteiger partial charge in [-0.1, -0.05) is 0 Å². The van der Waals surface area contributed by atoms with E-state index in [2.05, 4.69) is 4.98 Å². The molecule has 0 unspecified atom stereocenters. The fourth-order valence-corrected chi connectivity index (χ4v) is 1.47. The quantitative estimate of drug-likeness (QED) is 0.707. The molecule has 1 heterocycles. The molecule has 72 valence electrons. The standard InChI is InChI=1S/C10H16N2O/c11-5-1-9(4-8-13)10-2-6-12-7-3-10/h2-3,6-7,9,13H,1,4-5,8,11H2/t9-/m0/s1. The summed E-state index contributed by atoms with van der Waals surface area (Å²) in [6, 6.07) is 3.96. The van der Waals surface area contributed by atoms with E-state index in [-0.39, 0.29) is 6.61 Å². The lowest BCUT2D eigenvalue weighted by Gasteiger charge is -2.14. The summed E-state index contributed by atoms with van der Waals surface area (Å²) in [4.78, 5) is 3.95. The number of aromatic nitrogens is 1. The van der Waals surface area contributed by atoms with Crippen LogP contribution < -0.4 is 5.73 Å². The van der Waals surface area contributed by atoms with Gasteiger partial charge in [-0.05, 0) is 43.0 Å². The van der Waals surface area contributed by atoms with E-state index in [0.29, 0.717) is 12.5 Å². The average Bonchev–Trinajstić information content (AvgIpc) is 2.19. The Bertz CT molecular complexity index is 220. The van der Waals surface area contributed by atoms with Crippen molar-refractivity contribution in [2.75, 3.05) is 13.2 Å². The molecule has 0 saturated carbocycles. The van der Waals surface area contributed by atoms with Crippen LogP contribution in [0.25, 0.3) is 0 Å². The first-order valence-electron chi connectivity index (χ1n) is 4.59. The molecular weight excluding hydrogens is 164 g/mol. The average molecular weight is 180 g/mol. The summed E-state index contributed by atoms with van der Waals surface area (Å²) in [6.45, 7) is 0.875. The van der Waals surface area contributed by atoms with Crippen LogP contribution in [-0.2, 0) is 0 Å². The molecule has 3 nitrogen and oxygen atoms in total. The van der Waals surface area contributed by atoms with Crippen molar-refractivity contribution in [2.24, 2.45) is 5.73 Å². The lowest BCUT2D eigenvalue weighted by Crippen LogP contribution is -2.09. The number of aliphatic hydroxyl groups excluding tert-OH is 1. The molecule has 0 bridgehead atoms. The lowest BCUT2D eigenvalue weighted by molar-refractivity contribution is 0.273. The highest BCUT2D eigenvalue weighted by atomic mass is 16.3. The van der Waals surface area contributed by atoms with Gasteiger partial charge < -0.3 is 10.8 Å². The van der Waals surface area contributed by atoms with Gasteiger partial charge in [0.2, 0.25) is 0 Å². The van der Waals surface area contributed by atoms with E-state index < -0.39 is 0 Å². The minimum Gasteiger partial charge on any atom is -0.396 e. The number of nitrogens with two attached hydrogens (primary N) is 1. The van der Waals surface area contributed by atoms with E-state index in [0.717, 1.165) is 12.8 Å². The Morgan fingerprint density at radius 1 is 1.31 bits per heavy atom. The fourth-order valence-electron chi connectivity index (χ4n) is 1.47. The van der Waals surface area contributed by atoms with Gasteiger partial charge in [0.05, 0.1) is 0 Å². The van der Waals surface area contributed by atoms with E-state index in [4.69, 9.17) is 10.8 Å². The Kier molecular flexibility index (Phi) is 4.43. The second kappa shape index (κ2) is 5.67. The molecule has 1 aromatic heterocycles. The first-order chi connectivity index (χ1) is 6.38. The van der Waals surface area contributed by atoms with Crippen molar-refractivity contribution in [1.29, 1.82) is 0 Å². The molecule has 3 N–H and O–H groups in total. The monoisotopic (exact) mass is 180 g/mol. The van der Waals surface area contributed by atoms with E-state index >= 15 is 0 Å². The molecule has 13 heavy (non-hydrogen) atoms. The summed E-state index contributed by atoms with van der Waals surface area (Å²) in [7, 11) is 0. The van der Waals surface area contributed by atoms with Gasteiger partial charge in [-0.2, -0.15) is 0 Å². The Labute approximate surface area is 78.6 Å². The summed E-state index contributed by atoms with van der Waals surface area (Å²) < 4.78 is 0. The van der Waals surface area contributed by atoms with E-state index in [1.807, 2.05) is 12.1 Å². The highest BCUT2D eigenvalue weighted by Crippen LogP contribution is 2.21. The molecule has 1 atom stereocenters. The third-order valence-corrected chi connectivity index (χ3v) is 2.17. The zero-order valence-corrected chi connectivity index (χ0v) is 7.69. The normalized spacial score (nSPS) is 12.8. The van der Waals surface area contributed by atoms with Crippen molar-refractivity contribution in [2.45, 2.75) is 18.8 Å². The number of pyridine rings is 1. The summed E-state index contributed by atoms with van der Waals surface area (Å²) in [6.07, 6.45) is 5.25. The van der Waals surface area contributed by atoms with Gasteiger partial charge in [0, 0.05) is 19.0 Å². The number of hydrogen-bond acceptors (Lipinski definition) is 3. The molecular formula is C10H16N2O. The van der Waals surface area contributed by atoms with Gasteiger partial charge in [-0.25, -0.2) is 0 Å². The second-order valence-electron chi connectivity index (χ2n) is 3.07. The summed E-state index contributed by atoms with van der Waals surface area (Å²) in [5.41, 5.74) is 6.72. The van der Waals surface area contributed by atoms with Gasteiger partial charge in [0.1, 0.15) is 0 Å². The molecule has 1 aromatic rings. The van der Waals surface area contributed by atoms with Crippen LogP contribution in [0.15, 0.2) is 24.5 Å². The predicted octanol–water partition coefficient (Wildman–Crippen LogP) is 0.896. The predicted molar refractivity (Wildman–Crippen MR) is 52.4 cm³/mol. The molecule has 0 spiro atoms. The number of rotatable bonds is 5. The summed E-state index contributed by atoms with van der Waals surface area (Å²) >= 11 is 0. The maximum Gasteiger partial charge on any atom is 0.0436 e. The fraction of sp³-hybridized carbons (Fsp3) is 0.500. The smallest absolute Gasteiger partial charge is 0.0436 e. The molecule has 0 radical (unpaired) electrons. The van der Waals surface area contributed by atoms with Gasteiger partial charge in [0.15, 0.2) is 0 Å². The van der Waals surface area contributed by atoms with Gasteiger partial charge in [-0.3, -0.25) is 4.98 Å². The summed E-state index contributed by atoms with van der Waals surface area (Å²) in [5.74, 6) is 0.373. The second-order valence-corrected chi connectivity index (χ2v) is 3.07. The molecule has 1 rings (SSSR count). The number of hydrogen-bond donors (Lipinski definition) is 2. The highest BCUT2D eigenvalue weighted by molar-refractivity contribution is 5.15. The summed E-state index contributed by atoms with van der Waals surface area (Å²) in [5, 5.41) is 8.87. The number of nitrogens with zero attached hydrogens (tertiary/aromatic N) is 1. The van der Waals surface area contributed by atoms with Gasteiger partial charge >= 0.3 is 0 Å². The molecule has 0 fully saturated rings. The highest BCUT2D eigenvalue weighted by Gasteiger charge is 2.08. The third kappa shape index (κ3) is 3.13. The van der Waals surface area contributed by atoms with Gasteiger partial charge in [0.25, 0.3) is 0 Å². The Morgan fingerprint density at radius 3 is 2.54 bits per heavy atom. The lowest BCUT2D eigenvalue weighted by atomic mass is 9.94. The largest absolute Gasteiger partial charge is 0.396 e. The molecule has 0 aliphatic heterocycles. The van der Waals surface area contributed by atoms with Crippen LogP contribution in [0.1, 0.15) is 24.3 Å². The van der Waals surface area contributed by atoms with Crippen molar-refractivity contribution in [1.82, 2.24) is 4.98 Å². The Hall–Kier alpha value is -0.930. The Balaban J connectivity index is 2.64. The molecule has 0 saturated heterocycles. The van der Waals surface area contributed by atoms with Crippen molar-refractivity contribution in [3.63, 3.8) is 0 Å². The van der Waals surface area contributed by atoms with Crippen LogP contribution in [0, 0.1) is 0 Å².